The quantitative estimate of drug-likeness (QED) is 0.751. The van der Waals surface area contributed by atoms with Crippen molar-refractivity contribution in [2.45, 2.75) is 13.3 Å². The van der Waals surface area contributed by atoms with Crippen LogP contribution in [-0.2, 0) is 6.42 Å². The smallest absolute Gasteiger partial charge is 0.126 e. The third kappa shape index (κ3) is 1.40. The van der Waals surface area contributed by atoms with Gasteiger partial charge in [-0.2, -0.15) is 0 Å². The zero-order valence-corrected chi connectivity index (χ0v) is 8.10. The molecule has 0 unspecified atom stereocenters. The second-order valence-corrected chi connectivity index (χ2v) is 3.50. The normalized spacial score (nSPS) is 11.1. The third-order valence-electron chi connectivity index (χ3n) is 2.46. The first-order valence-corrected chi connectivity index (χ1v) is 4.68. The topological polar surface area (TPSA) is 41.8 Å². The second kappa shape index (κ2) is 3.42. The van der Waals surface area contributed by atoms with E-state index in [1.54, 1.807) is 13.0 Å². The van der Waals surface area contributed by atoms with Crippen LogP contribution in [0.4, 0.5) is 4.39 Å². The lowest BCUT2D eigenvalue weighted by atomic mass is 10.1. The van der Waals surface area contributed by atoms with Gasteiger partial charge in [0.1, 0.15) is 5.82 Å². The van der Waals surface area contributed by atoms with Crippen LogP contribution in [0.15, 0.2) is 18.3 Å². The molecule has 0 bridgehead atoms. The number of aryl methyl sites for hydroxylation is 1. The summed E-state index contributed by atoms with van der Waals surface area (Å²) in [5, 5.41) is 0.943. The number of nitrogens with two attached hydrogens (primary N) is 1. The average molecular weight is 192 g/mol. The van der Waals surface area contributed by atoms with Gasteiger partial charge >= 0.3 is 0 Å². The van der Waals surface area contributed by atoms with Crippen molar-refractivity contribution in [2.75, 3.05) is 6.54 Å². The molecule has 3 heteroatoms. The van der Waals surface area contributed by atoms with Crippen LogP contribution in [0.3, 0.4) is 0 Å². The first-order chi connectivity index (χ1) is 6.72. The molecular weight excluding hydrogens is 179 g/mol. The molecule has 0 spiro atoms. The van der Waals surface area contributed by atoms with E-state index >= 15 is 0 Å². The summed E-state index contributed by atoms with van der Waals surface area (Å²) in [5.41, 5.74) is 8.20. The van der Waals surface area contributed by atoms with Crippen molar-refractivity contribution in [1.29, 1.82) is 0 Å². The number of fused-ring (bicyclic) bond motifs is 1. The lowest BCUT2D eigenvalue weighted by molar-refractivity contribution is 0.620. The van der Waals surface area contributed by atoms with Crippen LogP contribution < -0.4 is 5.73 Å². The van der Waals surface area contributed by atoms with Crippen LogP contribution in [0, 0.1) is 12.7 Å². The molecule has 14 heavy (non-hydrogen) atoms. The molecule has 1 aromatic carbocycles. The standard InChI is InChI=1S/C11H13FN2/c1-7-4-11-9(5-10(7)12)8(2-3-13)6-14-11/h4-6,14H,2-3,13H2,1H3. The van der Waals surface area contributed by atoms with Gasteiger partial charge in [-0.05, 0) is 43.1 Å². The van der Waals surface area contributed by atoms with Crippen molar-refractivity contribution in [3.63, 3.8) is 0 Å². The van der Waals surface area contributed by atoms with Crippen LogP contribution >= 0.6 is 0 Å². The summed E-state index contributed by atoms with van der Waals surface area (Å²) in [7, 11) is 0. The summed E-state index contributed by atoms with van der Waals surface area (Å²) >= 11 is 0. The fourth-order valence-corrected chi connectivity index (χ4v) is 1.67. The van der Waals surface area contributed by atoms with E-state index in [2.05, 4.69) is 4.98 Å². The molecule has 0 aliphatic heterocycles. The van der Waals surface area contributed by atoms with Crippen LogP contribution in [0.2, 0.25) is 0 Å². The number of nitrogens with one attached hydrogen (secondary N) is 1. The highest BCUT2D eigenvalue weighted by Crippen LogP contribution is 2.21. The predicted molar refractivity (Wildman–Crippen MR) is 55.8 cm³/mol. The summed E-state index contributed by atoms with van der Waals surface area (Å²) in [6, 6.07) is 3.40. The Morgan fingerprint density at radius 3 is 2.93 bits per heavy atom. The molecule has 0 saturated carbocycles. The van der Waals surface area contributed by atoms with Crippen molar-refractivity contribution in [3.8, 4) is 0 Å². The number of aromatic nitrogens is 1. The van der Waals surface area contributed by atoms with E-state index < -0.39 is 0 Å². The molecular formula is C11H13FN2. The summed E-state index contributed by atoms with van der Waals surface area (Å²) < 4.78 is 13.3. The highest BCUT2D eigenvalue weighted by atomic mass is 19.1. The van der Waals surface area contributed by atoms with Crippen LogP contribution in [0.5, 0.6) is 0 Å². The lowest BCUT2D eigenvalue weighted by Crippen LogP contribution is -2.01. The number of hydrogen-bond donors (Lipinski definition) is 2. The molecule has 0 aliphatic rings. The van der Waals surface area contributed by atoms with Crippen molar-refractivity contribution in [3.05, 3.63) is 35.3 Å². The molecule has 2 nitrogen and oxygen atoms in total. The van der Waals surface area contributed by atoms with Crippen LogP contribution in [0.25, 0.3) is 10.9 Å². The zero-order chi connectivity index (χ0) is 10.1. The molecule has 74 valence electrons. The van der Waals surface area contributed by atoms with Gasteiger partial charge in [-0.25, -0.2) is 4.39 Å². The van der Waals surface area contributed by atoms with E-state index in [0.717, 1.165) is 22.9 Å². The van der Waals surface area contributed by atoms with Gasteiger partial charge in [0.15, 0.2) is 0 Å². The molecule has 2 aromatic rings. The summed E-state index contributed by atoms with van der Waals surface area (Å²) in [6.45, 7) is 2.35. The average Bonchev–Trinajstić information content (AvgIpc) is 2.51. The van der Waals surface area contributed by atoms with Gasteiger partial charge in [0.25, 0.3) is 0 Å². The van der Waals surface area contributed by atoms with Crippen molar-refractivity contribution < 1.29 is 4.39 Å². The highest BCUT2D eigenvalue weighted by Gasteiger charge is 2.06. The van der Waals surface area contributed by atoms with Gasteiger partial charge in [-0.1, -0.05) is 0 Å². The van der Waals surface area contributed by atoms with Gasteiger partial charge in [0, 0.05) is 17.1 Å². The maximum absolute atomic E-state index is 13.3. The molecule has 0 fully saturated rings. The Hall–Kier alpha value is -1.35. The third-order valence-corrected chi connectivity index (χ3v) is 2.46. The molecule has 0 aliphatic carbocycles. The number of hydrogen-bond acceptors (Lipinski definition) is 1. The van der Waals surface area contributed by atoms with E-state index in [9.17, 15) is 4.39 Å². The predicted octanol–water partition coefficient (Wildman–Crippen LogP) is 2.12. The van der Waals surface area contributed by atoms with E-state index in [1.165, 1.54) is 0 Å². The van der Waals surface area contributed by atoms with E-state index in [0.29, 0.717) is 12.1 Å². The molecule has 0 atom stereocenters. The van der Waals surface area contributed by atoms with Crippen molar-refractivity contribution in [1.82, 2.24) is 4.98 Å². The Kier molecular flexibility index (Phi) is 2.25. The van der Waals surface area contributed by atoms with Gasteiger partial charge in [-0.15, -0.1) is 0 Å². The first-order valence-electron chi connectivity index (χ1n) is 4.68. The number of rotatable bonds is 2. The number of H-pyrrole nitrogens is 1. The maximum atomic E-state index is 13.3. The molecule has 0 radical (unpaired) electrons. The Bertz CT molecular complexity index is 460. The Labute approximate surface area is 81.9 Å². The summed E-state index contributed by atoms with van der Waals surface area (Å²) in [6.07, 6.45) is 2.68. The number of aromatic amines is 1. The van der Waals surface area contributed by atoms with Gasteiger partial charge in [0.05, 0.1) is 0 Å². The fraction of sp³-hybridized carbons (Fsp3) is 0.273. The van der Waals surface area contributed by atoms with Gasteiger partial charge in [-0.3, -0.25) is 0 Å². The summed E-state index contributed by atoms with van der Waals surface area (Å²) in [4.78, 5) is 3.12. The monoisotopic (exact) mass is 192 g/mol. The highest BCUT2D eigenvalue weighted by molar-refractivity contribution is 5.83. The van der Waals surface area contributed by atoms with Crippen molar-refractivity contribution in [2.24, 2.45) is 5.73 Å². The summed E-state index contributed by atoms with van der Waals surface area (Å²) in [5.74, 6) is -0.157. The minimum atomic E-state index is -0.157. The lowest BCUT2D eigenvalue weighted by Gasteiger charge is -1.99. The van der Waals surface area contributed by atoms with Crippen molar-refractivity contribution >= 4 is 10.9 Å². The minimum absolute atomic E-state index is 0.157. The van der Waals surface area contributed by atoms with Gasteiger partial charge in [0.2, 0.25) is 0 Å². The van der Waals surface area contributed by atoms with E-state index in [4.69, 9.17) is 5.73 Å². The molecule has 0 amide bonds. The van der Waals surface area contributed by atoms with E-state index in [1.807, 2.05) is 12.3 Å². The zero-order valence-electron chi connectivity index (χ0n) is 8.10. The number of benzene rings is 1. The molecule has 0 saturated heterocycles. The SMILES string of the molecule is Cc1cc2[nH]cc(CCN)c2cc1F. The molecule has 1 aromatic heterocycles. The van der Waals surface area contributed by atoms with Crippen LogP contribution in [-0.4, -0.2) is 11.5 Å². The first kappa shape index (κ1) is 9.21. The number of halogens is 1. The fourth-order valence-electron chi connectivity index (χ4n) is 1.67. The Balaban J connectivity index is 2.61. The van der Waals surface area contributed by atoms with Crippen LogP contribution in [0.1, 0.15) is 11.1 Å². The Morgan fingerprint density at radius 1 is 1.43 bits per heavy atom. The second-order valence-electron chi connectivity index (χ2n) is 3.50. The maximum Gasteiger partial charge on any atom is 0.126 e. The Morgan fingerprint density at radius 2 is 2.21 bits per heavy atom. The minimum Gasteiger partial charge on any atom is -0.361 e. The van der Waals surface area contributed by atoms with E-state index in [-0.39, 0.29) is 5.82 Å². The molecule has 3 N–H and O–H groups in total. The molecule has 1 heterocycles. The largest absolute Gasteiger partial charge is 0.361 e. The van der Waals surface area contributed by atoms with Gasteiger partial charge < -0.3 is 10.7 Å². The molecule has 2 rings (SSSR count).